The Balaban J connectivity index is 1.09. The zero-order chi connectivity index (χ0) is 20.7. The standard InChI is InChI=1S/C25H36N4O/c1-17(22-14-20-7-8-21(22)13-20)26-25(30)16-28-11-9-19(10-12-28)15-29-18(2)27-23-5-3-4-6-24(23)29/h3-6,17,19-22H,7-16H2,1-2H3,(H,26,30). The largest absolute Gasteiger partial charge is 0.352 e. The monoisotopic (exact) mass is 408 g/mol. The summed E-state index contributed by atoms with van der Waals surface area (Å²) in [4.78, 5) is 19.7. The molecule has 4 atom stereocenters. The van der Waals surface area contributed by atoms with E-state index in [1.165, 1.54) is 31.2 Å². The van der Waals surface area contributed by atoms with Gasteiger partial charge in [0.15, 0.2) is 0 Å². The van der Waals surface area contributed by atoms with Gasteiger partial charge < -0.3 is 9.88 Å². The van der Waals surface area contributed by atoms with E-state index in [0.29, 0.717) is 24.4 Å². The van der Waals surface area contributed by atoms with Crippen LogP contribution in [0.15, 0.2) is 24.3 Å². The number of imidazole rings is 1. The number of aryl methyl sites for hydroxylation is 1. The van der Waals surface area contributed by atoms with Gasteiger partial charge in [0, 0.05) is 12.6 Å². The molecule has 5 heteroatoms. The van der Waals surface area contributed by atoms with Crippen LogP contribution in [0.25, 0.3) is 11.0 Å². The maximum atomic E-state index is 12.6. The fourth-order valence-corrected chi connectivity index (χ4v) is 6.53. The molecule has 30 heavy (non-hydrogen) atoms. The third kappa shape index (κ3) is 4.01. The van der Waals surface area contributed by atoms with Crippen LogP contribution in [0.5, 0.6) is 0 Å². The number of aromatic nitrogens is 2. The summed E-state index contributed by atoms with van der Waals surface area (Å²) < 4.78 is 2.37. The lowest BCUT2D eigenvalue weighted by molar-refractivity contribution is -0.123. The molecule has 0 spiro atoms. The van der Waals surface area contributed by atoms with Gasteiger partial charge in [0.25, 0.3) is 0 Å². The molecule has 2 heterocycles. The second-order valence-corrected chi connectivity index (χ2v) is 10.2. The number of amides is 1. The highest BCUT2D eigenvalue weighted by atomic mass is 16.2. The van der Waals surface area contributed by atoms with E-state index in [4.69, 9.17) is 4.98 Å². The van der Waals surface area contributed by atoms with Crippen LogP contribution >= 0.6 is 0 Å². The third-order valence-electron chi connectivity index (χ3n) is 8.18. The number of hydrogen-bond donors (Lipinski definition) is 1. The third-order valence-corrected chi connectivity index (χ3v) is 8.18. The van der Waals surface area contributed by atoms with Crippen molar-refractivity contribution in [2.75, 3.05) is 19.6 Å². The van der Waals surface area contributed by atoms with Crippen LogP contribution < -0.4 is 5.32 Å². The molecule has 162 valence electrons. The molecule has 2 bridgehead atoms. The van der Waals surface area contributed by atoms with Crippen LogP contribution in [0, 0.1) is 30.6 Å². The van der Waals surface area contributed by atoms with E-state index in [-0.39, 0.29) is 5.91 Å². The van der Waals surface area contributed by atoms with Crippen molar-refractivity contribution in [3.63, 3.8) is 0 Å². The number of rotatable bonds is 6. The summed E-state index contributed by atoms with van der Waals surface area (Å²) >= 11 is 0. The van der Waals surface area contributed by atoms with E-state index in [2.05, 4.69) is 52.9 Å². The number of piperidine rings is 1. The average molecular weight is 409 g/mol. The first-order valence-corrected chi connectivity index (χ1v) is 12.0. The van der Waals surface area contributed by atoms with Gasteiger partial charge in [-0.2, -0.15) is 0 Å². The Morgan fingerprint density at radius 1 is 1.17 bits per heavy atom. The summed E-state index contributed by atoms with van der Waals surface area (Å²) in [5.74, 6) is 4.51. The molecule has 1 saturated heterocycles. The lowest BCUT2D eigenvalue weighted by Gasteiger charge is -2.33. The molecule has 1 N–H and O–H groups in total. The van der Waals surface area contributed by atoms with Crippen LogP contribution in [0.1, 0.15) is 51.3 Å². The number of para-hydroxylation sites is 2. The number of likely N-dealkylation sites (tertiary alicyclic amines) is 1. The second-order valence-electron chi connectivity index (χ2n) is 10.2. The molecule has 2 aliphatic carbocycles. The van der Waals surface area contributed by atoms with Gasteiger partial charge in [0.05, 0.1) is 17.6 Å². The highest BCUT2D eigenvalue weighted by Crippen LogP contribution is 2.49. The van der Waals surface area contributed by atoms with E-state index < -0.39 is 0 Å². The smallest absolute Gasteiger partial charge is 0.234 e. The number of fused-ring (bicyclic) bond motifs is 3. The zero-order valence-electron chi connectivity index (χ0n) is 18.5. The molecule has 5 nitrogen and oxygen atoms in total. The number of nitrogens with zero attached hydrogens (tertiary/aromatic N) is 3. The molecule has 1 aromatic heterocycles. The van der Waals surface area contributed by atoms with Crippen LogP contribution in [0.2, 0.25) is 0 Å². The van der Waals surface area contributed by atoms with E-state index in [1.54, 1.807) is 0 Å². The minimum Gasteiger partial charge on any atom is -0.352 e. The molecule has 5 rings (SSSR count). The molecule has 0 radical (unpaired) electrons. The van der Waals surface area contributed by atoms with Crippen molar-refractivity contribution < 1.29 is 4.79 Å². The van der Waals surface area contributed by atoms with Gasteiger partial charge in [0.1, 0.15) is 5.82 Å². The average Bonchev–Trinajstić information content (AvgIpc) is 3.44. The summed E-state index contributed by atoms with van der Waals surface area (Å²) in [5.41, 5.74) is 2.33. The normalized spacial score (nSPS) is 28.3. The van der Waals surface area contributed by atoms with Crippen molar-refractivity contribution in [1.82, 2.24) is 19.8 Å². The van der Waals surface area contributed by atoms with Gasteiger partial charge >= 0.3 is 0 Å². The maximum absolute atomic E-state index is 12.6. The lowest BCUT2D eigenvalue weighted by Crippen LogP contribution is -2.46. The molecule has 1 amide bonds. The summed E-state index contributed by atoms with van der Waals surface area (Å²) in [5, 5.41) is 3.34. The first-order valence-electron chi connectivity index (χ1n) is 12.0. The van der Waals surface area contributed by atoms with E-state index in [1.807, 2.05) is 0 Å². The molecule has 1 aliphatic heterocycles. The molecule has 2 saturated carbocycles. The number of carbonyl (C=O) groups excluding carboxylic acids is 1. The van der Waals surface area contributed by atoms with Crippen LogP contribution in [0.3, 0.4) is 0 Å². The van der Waals surface area contributed by atoms with E-state index in [0.717, 1.165) is 55.7 Å². The SMILES string of the molecule is Cc1nc2ccccc2n1CC1CCN(CC(=O)NC(C)C2CC3CCC2C3)CC1. The Bertz CT molecular complexity index is 898. The van der Waals surface area contributed by atoms with Crippen molar-refractivity contribution in [2.45, 2.75) is 65.0 Å². The minimum absolute atomic E-state index is 0.222. The van der Waals surface area contributed by atoms with Gasteiger partial charge in [0.2, 0.25) is 5.91 Å². The Hall–Kier alpha value is -1.88. The van der Waals surface area contributed by atoms with Gasteiger partial charge in [-0.05, 0) is 94.8 Å². The Morgan fingerprint density at radius 3 is 2.70 bits per heavy atom. The van der Waals surface area contributed by atoms with Crippen LogP contribution in [-0.4, -0.2) is 46.0 Å². The van der Waals surface area contributed by atoms with E-state index >= 15 is 0 Å². The maximum Gasteiger partial charge on any atom is 0.234 e. The number of nitrogens with one attached hydrogen (secondary N) is 1. The molecule has 1 aromatic carbocycles. The molecular formula is C25H36N4O. The molecule has 3 fully saturated rings. The predicted octanol–water partition coefficient (Wildman–Crippen LogP) is 4.00. The zero-order valence-corrected chi connectivity index (χ0v) is 18.5. The van der Waals surface area contributed by atoms with Crippen molar-refractivity contribution in [2.24, 2.45) is 23.7 Å². The van der Waals surface area contributed by atoms with Crippen LogP contribution in [-0.2, 0) is 11.3 Å². The molecular weight excluding hydrogens is 372 g/mol. The van der Waals surface area contributed by atoms with Crippen molar-refractivity contribution >= 4 is 16.9 Å². The first kappa shape index (κ1) is 20.0. The van der Waals surface area contributed by atoms with Crippen molar-refractivity contribution in [3.8, 4) is 0 Å². The van der Waals surface area contributed by atoms with Crippen molar-refractivity contribution in [1.29, 1.82) is 0 Å². The Labute approximate surface area is 180 Å². The Kier molecular flexibility index (Phi) is 5.57. The quantitative estimate of drug-likeness (QED) is 0.786. The number of benzene rings is 1. The van der Waals surface area contributed by atoms with Gasteiger partial charge in [-0.25, -0.2) is 4.98 Å². The Morgan fingerprint density at radius 2 is 1.97 bits per heavy atom. The predicted molar refractivity (Wildman–Crippen MR) is 120 cm³/mol. The molecule has 2 aromatic rings. The second kappa shape index (κ2) is 8.33. The summed E-state index contributed by atoms with van der Waals surface area (Å²) in [6.45, 7) is 7.97. The van der Waals surface area contributed by atoms with Gasteiger partial charge in [-0.3, -0.25) is 9.69 Å². The minimum atomic E-state index is 0.222. The summed E-state index contributed by atoms with van der Waals surface area (Å²) in [6.07, 6.45) is 7.85. The summed E-state index contributed by atoms with van der Waals surface area (Å²) in [6, 6.07) is 8.76. The van der Waals surface area contributed by atoms with Crippen LogP contribution in [0.4, 0.5) is 0 Å². The van der Waals surface area contributed by atoms with E-state index in [9.17, 15) is 4.79 Å². The summed E-state index contributed by atoms with van der Waals surface area (Å²) in [7, 11) is 0. The highest BCUT2D eigenvalue weighted by molar-refractivity contribution is 5.78. The van der Waals surface area contributed by atoms with Gasteiger partial charge in [-0.1, -0.05) is 18.6 Å². The molecule has 4 unspecified atom stereocenters. The fraction of sp³-hybridized carbons (Fsp3) is 0.680. The lowest BCUT2D eigenvalue weighted by atomic mass is 9.84. The fourth-order valence-electron chi connectivity index (χ4n) is 6.53. The van der Waals surface area contributed by atoms with Crippen molar-refractivity contribution in [3.05, 3.63) is 30.1 Å². The topological polar surface area (TPSA) is 50.2 Å². The highest BCUT2D eigenvalue weighted by Gasteiger charge is 2.42. The number of carbonyl (C=O) groups is 1. The molecule has 3 aliphatic rings. The number of hydrogen-bond acceptors (Lipinski definition) is 3. The van der Waals surface area contributed by atoms with Gasteiger partial charge in [-0.15, -0.1) is 0 Å². The first-order chi connectivity index (χ1) is 14.6.